The molecule has 3 aromatic rings. The van der Waals surface area contributed by atoms with Gasteiger partial charge in [-0.05, 0) is 46.8 Å². The predicted molar refractivity (Wildman–Crippen MR) is 135 cm³/mol. The summed E-state index contributed by atoms with van der Waals surface area (Å²) in [5.74, 6) is -0.808. The Kier molecular flexibility index (Phi) is 5.93. The van der Waals surface area contributed by atoms with Crippen LogP contribution in [0.3, 0.4) is 0 Å². The van der Waals surface area contributed by atoms with Crippen molar-refractivity contribution < 1.29 is 18.3 Å². The van der Waals surface area contributed by atoms with Crippen molar-refractivity contribution in [3.05, 3.63) is 46.0 Å². The first kappa shape index (κ1) is 23.9. The number of anilines is 1. The number of aromatic nitrogens is 4. The fourth-order valence-electron chi connectivity index (χ4n) is 4.96. The number of nitrogens with zero attached hydrogens (tertiary/aromatic N) is 5. The molecule has 3 atom stereocenters. The van der Waals surface area contributed by atoms with Gasteiger partial charge in [-0.2, -0.15) is 13.9 Å². The van der Waals surface area contributed by atoms with Crippen LogP contribution in [0.2, 0.25) is 0 Å². The van der Waals surface area contributed by atoms with Crippen LogP contribution in [-0.4, -0.2) is 62.2 Å². The van der Waals surface area contributed by atoms with E-state index in [9.17, 15) is 18.3 Å². The lowest BCUT2D eigenvalue weighted by Crippen LogP contribution is -2.49. The molecule has 4 heterocycles. The molecule has 0 amide bonds. The Morgan fingerprint density at radius 1 is 1.26 bits per heavy atom. The van der Waals surface area contributed by atoms with Gasteiger partial charge in [-0.3, -0.25) is 9.78 Å². The highest BCUT2D eigenvalue weighted by atomic mass is 79.9. The Hall–Kier alpha value is -2.83. The third kappa shape index (κ3) is 4.13. The Morgan fingerprint density at radius 3 is 2.74 bits per heavy atom. The van der Waals surface area contributed by atoms with E-state index in [0.29, 0.717) is 34.0 Å². The maximum Gasteiger partial charge on any atom is 0.322 e. The molecule has 3 aromatic heterocycles. The average Bonchev–Trinajstić information content (AvgIpc) is 3.24. The van der Waals surface area contributed by atoms with Gasteiger partial charge < -0.3 is 10.8 Å². The van der Waals surface area contributed by atoms with Crippen LogP contribution in [0.5, 0.6) is 0 Å². The first-order valence-electron chi connectivity index (χ1n) is 11.2. The number of nitrogens with two attached hydrogens (primary N) is 1. The number of rotatable bonds is 4. The SMILES string of the molecule is CC1CC=Cc2cc(-c3cnn4c(N)c(Br)c(C5CCC(C(=O)O)N(S(C)(=O)=O)C5)nc34)cnc21. The zero-order valence-electron chi connectivity index (χ0n) is 19.2. The Labute approximate surface area is 211 Å². The minimum atomic E-state index is -3.73. The summed E-state index contributed by atoms with van der Waals surface area (Å²) in [4.78, 5) is 21.2. The quantitative estimate of drug-likeness (QED) is 0.494. The average molecular weight is 561 g/mol. The van der Waals surface area contributed by atoms with Crippen LogP contribution in [-0.2, 0) is 14.8 Å². The van der Waals surface area contributed by atoms with Crippen LogP contribution in [0.15, 0.2) is 29.0 Å². The summed E-state index contributed by atoms with van der Waals surface area (Å²) in [6.07, 6.45) is 10.3. The molecule has 184 valence electrons. The van der Waals surface area contributed by atoms with Crippen molar-refractivity contribution >= 4 is 49.5 Å². The predicted octanol–water partition coefficient (Wildman–Crippen LogP) is 3.25. The largest absolute Gasteiger partial charge is 0.480 e. The summed E-state index contributed by atoms with van der Waals surface area (Å²) in [7, 11) is -3.73. The summed E-state index contributed by atoms with van der Waals surface area (Å²) in [6, 6.07) is 0.970. The number of fused-ring (bicyclic) bond motifs is 2. The smallest absolute Gasteiger partial charge is 0.322 e. The molecule has 3 N–H and O–H groups in total. The summed E-state index contributed by atoms with van der Waals surface area (Å²) < 4.78 is 27.8. The van der Waals surface area contributed by atoms with Gasteiger partial charge in [-0.15, -0.1) is 0 Å². The van der Waals surface area contributed by atoms with Gasteiger partial charge in [0.15, 0.2) is 5.65 Å². The third-order valence-electron chi connectivity index (χ3n) is 6.80. The fourth-order valence-corrected chi connectivity index (χ4v) is 6.65. The molecule has 1 fully saturated rings. The maximum absolute atomic E-state index is 12.4. The van der Waals surface area contributed by atoms with Crippen molar-refractivity contribution in [2.75, 3.05) is 18.5 Å². The lowest BCUT2D eigenvalue weighted by molar-refractivity contribution is -0.142. The van der Waals surface area contributed by atoms with Crippen LogP contribution in [0, 0.1) is 0 Å². The molecule has 0 spiro atoms. The Bertz CT molecular complexity index is 1480. The zero-order chi connectivity index (χ0) is 25.1. The van der Waals surface area contributed by atoms with Gasteiger partial charge in [0.05, 0.1) is 28.3 Å². The van der Waals surface area contributed by atoms with Crippen molar-refractivity contribution in [3.8, 4) is 11.1 Å². The molecule has 2 aliphatic rings. The Morgan fingerprint density at radius 2 is 2.03 bits per heavy atom. The van der Waals surface area contributed by atoms with Gasteiger partial charge in [0.2, 0.25) is 10.0 Å². The zero-order valence-corrected chi connectivity index (χ0v) is 21.6. The highest BCUT2D eigenvalue weighted by Crippen LogP contribution is 2.39. The van der Waals surface area contributed by atoms with Gasteiger partial charge in [0.1, 0.15) is 11.9 Å². The van der Waals surface area contributed by atoms with Crippen LogP contribution in [0.25, 0.3) is 22.9 Å². The molecule has 1 aliphatic carbocycles. The number of halogens is 1. The minimum Gasteiger partial charge on any atom is -0.480 e. The van der Waals surface area contributed by atoms with Gasteiger partial charge in [-0.25, -0.2) is 13.4 Å². The highest BCUT2D eigenvalue weighted by Gasteiger charge is 2.40. The molecule has 12 heteroatoms. The second-order valence-electron chi connectivity index (χ2n) is 9.19. The van der Waals surface area contributed by atoms with Crippen molar-refractivity contribution in [2.45, 2.75) is 44.1 Å². The number of sulfonamides is 1. The van der Waals surface area contributed by atoms with Crippen LogP contribution < -0.4 is 5.73 Å². The minimum absolute atomic E-state index is 0.00354. The van der Waals surface area contributed by atoms with Crippen molar-refractivity contribution in [2.24, 2.45) is 0 Å². The number of pyridine rings is 1. The summed E-state index contributed by atoms with van der Waals surface area (Å²) >= 11 is 3.52. The number of carboxylic acids is 1. The van der Waals surface area contributed by atoms with Crippen LogP contribution in [0.4, 0.5) is 5.82 Å². The number of piperidine rings is 1. The number of hydrogen-bond acceptors (Lipinski definition) is 7. The van der Waals surface area contributed by atoms with Gasteiger partial charge in [0.25, 0.3) is 0 Å². The number of carbonyl (C=O) groups is 1. The number of nitrogen functional groups attached to an aromatic ring is 1. The highest BCUT2D eigenvalue weighted by molar-refractivity contribution is 9.10. The second-order valence-corrected chi connectivity index (χ2v) is 11.9. The van der Waals surface area contributed by atoms with E-state index in [2.05, 4.69) is 46.2 Å². The molecule has 1 saturated heterocycles. The third-order valence-corrected chi connectivity index (χ3v) is 8.86. The molecular weight excluding hydrogens is 536 g/mol. The summed E-state index contributed by atoms with van der Waals surface area (Å²) in [6.45, 7) is 2.15. The van der Waals surface area contributed by atoms with E-state index in [1.165, 1.54) is 4.52 Å². The van der Waals surface area contributed by atoms with Gasteiger partial charge in [0, 0.05) is 35.7 Å². The van der Waals surface area contributed by atoms with E-state index >= 15 is 0 Å². The monoisotopic (exact) mass is 560 g/mol. The topological polar surface area (TPSA) is 144 Å². The van der Waals surface area contributed by atoms with E-state index in [1.807, 2.05) is 6.20 Å². The first-order chi connectivity index (χ1) is 16.6. The summed E-state index contributed by atoms with van der Waals surface area (Å²) in [5.41, 5.74) is 11.2. The van der Waals surface area contributed by atoms with Crippen molar-refractivity contribution in [3.63, 3.8) is 0 Å². The normalized spacial score (nSPS) is 22.9. The summed E-state index contributed by atoms with van der Waals surface area (Å²) in [5, 5.41) is 14.0. The van der Waals surface area contributed by atoms with E-state index in [4.69, 9.17) is 15.7 Å². The first-order valence-corrected chi connectivity index (χ1v) is 13.9. The van der Waals surface area contributed by atoms with E-state index in [1.54, 1.807) is 6.20 Å². The molecule has 0 aromatic carbocycles. The molecule has 0 radical (unpaired) electrons. The number of carboxylic acid groups (broad SMARTS) is 1. The standard InChI is InChI=1S/C23H25BrN6O4S/c1-12-4-3-5-13-8-15(9-26-19(12)13)16-10-27-30-21(25)18(24)20(28-22(16)30)14-6-7-17(23(31)32)29(11-14)35(2,33)34/h3,5,8-10,12,14,17H,4,6-7,11,25H2,1-2H3,(H,31,32). The number of aliphatic carboxylic acids is 1. The van der Waals surface area contributed by atoms with Crippen LogP contribution in [0.1, 0.15) is 55.0 Å². The van der Waals surface area contributed by atoms with Gasteiger partial charge in [-0.1, -0.05) is 19.1 Å². The van der Waals surface area contributed by atoms with E-state index in [-0.39, 0.29) is 18.9 Å². The Balaban J connectivity index is 1.59. The maximum atomic E-state index is 12.4. The van der Waals surface area contributed by atoms with Gasteiger partial charge >= 0.3 is 5.97 Å². The number of hydrogen-bond donors (Lipinski definition) is 2. The second kappa shape index (κ2) is 8.68. The van der Waals surface area contributed by atoms with Crippen LogP contribution >= 0.6 is 15.9 Å². The van der Waals surface area contributed by atoms with Crippen molar-refractivity contribution in [1.29, 1.82) is 0 Å². The lowest BCUT2D eigenvalue weighted by atomic mass is 9.91. The molecule has 5 rings (SSSR count). The fraction of sp³-hybridized carbons (Fsp3) is 0.391. The van der Waals surface area contributed by atoms with Crippen molar-refractivity contribution in [1.82, 2.24) is 23.9 Å². The molecule has 0 saturated carbocycles. The molecule has 3 unspecified atom stereocenters. The molecule has 10 nitrogen and oxygen atoms in total. The molecule has 35 heavy (non-hydrogen) atoms. The van der Waals surface area contributed by atoms with E-state index < -0.39 is 22.0 Å². The molecule has 0 bridgehead atoms. The molecular formula is C23H25BrN6O4S. The number of allylic oxidation sites excluding steroid dienone is 1. The van der Waals surface area contributed by atoms with E-state index in [0.717, 1.165) is 39.4 Å². The molecule has 1 aliphatic heterocycles. The lowest BCUT2D eigenvalue weighted by Gasteiger charge is -2.35.